The van der Waals surface area contributed by atoms with Gasteiger partial charge in [0.25, 0.3) is 0 Å². The standard InChI is InChI=1S/C11H13NO3/c1-12(8-13)7-9-2-3-10-11(6-9)15-5-4-14-10/h2-3,6,8H,4-5,7H2,1H3. The van der Waals surface area contributed by atoms with Crippen molar-refractivity contribution in [2.45, 2.75) is 6.54 Å². The van der Waals surface area contributed by atoms with E-state index in [2.05, 4.69) is 0 Å². The zero-order valence-electron chi connectivity index (χ0n) is 8.60. The highest BCUT2D eigenvalue weighted by atomic mass is 16.6. The highest BCUT2D eigenvalue weighted by Crippen LogP contribution is 2.30. The first kappa shape index (κ1) is 9.83. The number of nitrogens with zero attached hydrogens (tertiary/aromatic N) is 1. The van der Waals surface area contributed by atoms with Gasteiger partial charge in [-0.15, -0.1) is 0 Å². The summed E-state index contributed by atoms with van der Waals surface area (Å²) >= 11 is 0. The Morgan fingerprint density at radius 1 is 1.33 bits per heavy atom. The van der Waals surface area contributed by atoms with Gasteiger partial charge in [0.1, 0.15) is 13.2 Å². The summed E-state index contributed by atoms with van der Waals surface area (Å²) in [5, 5.41) is 0. The largest absolute Gasteiger partial charge is 0.486 e. The van der Waals surface area contributed by atoms with Gasteiger partial charge in [0.05, 0.1) is 0 Å². The minimum absolute atomic E-state index is 0.583. The zero-order chi connectivity index (χ0) is 10.7. The maximum atomic E-state index is 10.5. The summed E-state index contributed by atoms with van der Waals surface area (Å²) in [6, 6.07) is 5.73. The normalized spacial score (nSPS) is 13.4. The highest BCUT2D eigenvalue weighted by Gasteiger charge is 2.11. The Balaban J connectivity index is 2.16. The van der Waals surface area contributed by atoms with Gasteiger partial charge in [0, 0.05) is 13.6 Å². The van der Waals surface area contributed by atoms with Crippen LogP contribution in [0.15, 0.2) is 18.2 Å². The minimum Gasteiger partial charge on any atom is -0.486 e. The molecule has 2 rings (SSSR count). The van der Waals surface area contributed by atoms with Crippen LogP contribution < -0.4 is 9.47 Å². The van der Waals surface area contributed by atoms with Gasteiger partial charge in [0.15, 0.2) is 11.5 Å². The number of carbonyl (C=O) groups is 1. The van der Waals surface area contributed by atoms with Gasteiger partial charge in [-0.3, -0.25) is 4.79 Å². The topological polar surface area (TPSA) is 38.8 Å². The first-order valence-corrected chi connectivity index (χ1v) is 4.83. The number of ether oxygens (including phenoxy) is 2. The molecule has 1 aromatic carbocycles. The van der Waals surface area contributed by atoms with Crippen molar-refractivity contribution in [3.8, 4) is 11.5 Å². The molecule has 1 aliphatic heterocycles. The Morgan fingerprint density at radius 2 is 2.07 bits per heavy atom. The van der Waals surface area contributed by atoms with Gasteiger partial charge in [-0.25, -0.2) is 0 Å². The van der Waals surface area contributed by atoms with Crippen LogP contribution in [0.4, 0.5) is 0 Å². The Labute approximate surface area is 88.4 Å². The molecule has 0 saturated carbocycles. The lowest BCUT2D eigenvalue weighted by molar-refractivity contribution is -0.117. The van der Waals surface area contributed by atoms with Crippen LogP contribution in [0, 0.1) is 0 Å². The van der Waals surface area contributed by atoms with Crippen LogP contribution in [0.1, 0.15) is 5.56 Å². The summed E-state index contributed by atoms with van der Waals surface area (Å²) in [4.78, 5) is 12.0. The van der Waals surface area contributed by atoms with E-state index in [9.17, 15) is 4.79 Å². The van der Waals surface area contributed by atoms with E-state index in [1.54, 1.807) is 11.9 Å². The van der Waals surface area contributed by atoms with Crippen molar-refractivity contribution in [3.63, 3.8) is 0 Å². The van der Waals surface area contributed by atoms with Gasteiger partial charge in [-0.05, 0) is 17.7 Å². The Kier molecular flexibility index (Phi) is 2.76. The second-order valence-electron chi connectivity index (χ2n) is 3.50. The summed E-state index contributed by atoms with van der Waals surface area (Å²) in [7, 11) is 1.74. The van der Waals surface area contributed by atoms with Crippen LogP contribution in [-0.4, -0.2) is 31.6 Å². The minimum atomic E-state index is 0.583. The molecule has 0 spiro atoms. The van der Waals surface area contributed by atoms with E-state index < -0.39 is 0 Å². The summed E-state index contributed by atoms with van der Waals surface area (Å²) < 4.78 is 10.8. The van der Waals surface area contributed by atoms with E-state index in [0.717, 1.165) is 23.5 Å². The molecule has 0 bridgehead atoms. The molecule has 0 radical (unpaired) electrons. The van der Waals surface area contributed by atoms with Crippen molar-refractivity contribution >= 4 is 6.41 Å². The van der Waals surface area contributed by atoms with E-state index in [4.69, 9.17) is 9.47 Å². The van der Waals surface area contributed by atoms with Crippen molar-refractivity contribution in [1.29, 1.82) is 0 Å². The first-order chi connectivity index (χ1) is 7.29. The van der Waals surface area contributed by atoms with Crippen molar-refractivity contribution in [3.05, 3.63) is 23.8 Å². The number of hydrogen-bond acceptors (Lipinski definition) is 3. The van der Waals surface area contributed by atoms with Gasteiger partial charge >= 0.3 is 0 Å². The summed E-state index contributed by atoms with van der Waals surface area (Å²) in [6.07, 6.45) is 0.802. The van der Waals surface area contributed by atoms with E-state index >= 15 is 0 Å². The molecule has 4 nitrogen and oxygen atoms in total. The Hall–Kier alpha value is -1.71. The fourth-order valence-corrected chi connectivity index (χ4v) is 1.51. The SMILES string of the molecule is CN(C=O)Cc1ccc2c(c1)OCCO2. The van der Waals surface area contributed by atoms with Gasteiger partial charge in [-0.2, -0.15) is 0 Å². The smallest absolute Gasteiger partial charge is 0.209 e. The predicted octanol–water partition coefficient (Wildman–Crippen LogP) is 1.05. The molecule has 0 fully saturated rings. The van der Waals surface area contributed by atoms with E-state index in [1.165, 1.54) is 0 Å². The van der Waals surface area contributed by atoms with E-state index in [-0.39, 0.29) is 0 Å². The number of rotatable bonds is 3. The molecule has 1 amide bonds. The lowest BCUT2D eigenvalue weighted by atomic mass is 10.2. The zero-order valence-corrected chi connectivity index (χ0v) is 8.60. The average molecular weight is 207 g/mol. The number of benzene rings is 1. The summed E-state index contributed by atoms with van der Waals surface area (Å²) in [5.41, 5.74) is 1.04. The Bertz CT molecular complexity index is 365. The number of hydrogen-bond donors (Lipinski definition) is 0. The van der Waals surface area contributed by atoms with Crippen LogP contribution >= 0.6 is 0 Å². The maximum absolute atomic E-state index is 10.5. The third-order valence-corrected chi connectivity index (χ3v) is 2.22. The van der Waals surface area contributed by atoms with Gasteiger partial charge < -0.3 is 14.4 Å². The van der Waals surface area contributed by atoms with Gasteiger partial charge in [0.2, 0.25) is 6.41 Å². The molecule has 0 atom stereocenters. The van der Waals surface area contributed by atoms with Crippen LogP contribution in [0.2, 0.25) is 0 Å². The quantitative estimate of drug-likeness (QED) is 0.695. The van der Waals surface area contributed by atoms with Crippen LogP contribution in [-0.2, 0) is 11.3 Å². The molecular formula is C11H13NO3. The third-order valence-electron chi connectivity index (χ3n) is 2.22. The number of carbonyl (C=O) groups excluding carboxylic acids is 1. The third kappa shape index (κ3) is 2.21. The van der Waals surface area contributed by atoms with Gasteiger partial charge in [-0.1, -0.05) is 6.07 Å². The lowest BCUT2D eigenvalue weighted by Crippen LogP contribution is -2.17. The van der Waals surface area contributed by atoms with Crippen molar-refractivity contribution in [2.75, 3.05) is 20.3 Å². The number of amides is 1. The fraction of sp³-hybridized carbons (Fsp3) is 0.364. The molecule has 15 heavy (non-hydrogen) atoms. The van der Waals surface area contributed by atoms with E-state index in [0.29, 0.717) is 19.8 Å². The Morgan fingerprint density at radius 3 is 2.80 bits per heavy atom. The molecule has 0 aromatic heterocycles. The van der Waals surface area contributed by atoms with Crippen LogP contribution in [0.3, 0.4) is 0 Å². The molecule has 1 heterocycles. The van der Waals surface area contributed by atoms with Crippen molar-refractivity contribution in [2.24, 2.45) is 0 Å². The van der Waals surface area contributed by atoms with Crippen molar-refractivity contribution in [1.82, 2.24) is 4.90 Å². The summed E-state index contributed by atoms with van der Waals surface area (Å²) in [6.45, 7) is 1.76. The maximum Gasteiger partial charge on any atom is 0.209 e. The predicted molar refractivity (Wildman–Crippen MR) is 55.0 cm³/mol. The molecule has 0 unspecified atom stereocenters. The molecule has 80 valence electrons. The second kappa shape index (κ2) is 4.21. The fourth-order valence-electron chi connectivity index (χ4n) is 1.51. The molecule has 1 aromatic rings. The lowest BCUT2D eigenvalue weighted by Gasteiger charge is -2.19. The monoisotopic (exact) mass is 207 g/mol. The van der Waals surface area contributed by atoms with Crippen molar-refractivity contribution < 1.29 is 14.3 Å². The first-order valence-electron chi connectivity index (χ1n) is 4.83. The molecular weight excluding hydrogens is 194 g/mol. The number of fused-ring (bicyclic) bond motifs is 1. The van der Waals surface area contributed by atoms with Crippen LogP contribution in [0.5, 0.6) is 11.5 Å². The highest BCUT2D eigenvalue weighted by molar-refractivity contribution is 5.48. The second-order valence-corrected chi connectivity index (χ2v) is 3.50. The molecule has 4 heteroatoms. The molecule has 0 saturated heterocycles. The average Bonchev–Trinajstić information content (AvgIpc) is 2.29. The van der Waals surface area contributed by atoms with Crippen LogP contribution in [0.25, 0.3) is 0 Å². The van der Waals surface area contributed by atoms with E-state index in [1.807, 2.05) is 18.2 Å². The summed E-state index contributed by atoms with van der Waals surface area (Å²) in [5.74, 6) is 1.54. The molecule has 1 aliphatic rings. The molecule has 0 N–H and O–H groups in total. The molecule has 0 aliphatic carbocycles.